The van der Waals surface area contributed by atoms with Gasteiger partial charge >= 0.3 is 12.1 Å². The summed E-state index contributed by atoms with van der Waals surface area (Å²) in [5.74, 6) is -0.717. The van der Waals surface area contributed by atoms with Gasteiger partial charge in [-0.05, 0) is 17.7 Å². The summed E-state index contributed by atoms with van der Waals surface area (Å²) in [6.45, 7) is -0.199. The van der Waals surface area contributed by atoms with Gasteiger partial charge in [0.05, 0.1) is 29.8 Å². The molecule has 1 aromatic carbocycles. The van der Waals surface area contributed by atoms with E-state index in [9.17, 15) is 22.2 Å². The molecule has 0 saturated heterocycles. The molecule has 2 rings (SSSR count). The van der Waals surface area contributed by atoms with Gasteiger partial charge in [0.2, 0.25) is 0 Å². The minimum Gasteiger partial charge on any atom is -0.466 e. The van der Waals surface area contributed by atoms with Crippen molar-refractivity contribution in [2.75, 3.05) is 13.7 Å². The minimum atomic E-state index is -4.45. The fraction of sp³-hybridized carbons (Fsp3) is 0.250. The third-order valence-electron chi connectivity index (χ3n) is 2.66. The largest absolute Gasteiger partial charge is 0.466 e. The van der Waals surface area contributed by atoms with E-state index in [2.05, 4.69) is 4.74 Å². The predicted molar refractivity (Wildman–Crippen MR) is 64.5 cm³/mol. The highest BCUT2D eigenvalue weighted by atomic mass is 32.2. The van der Waals surface area contributed by atoms with Gasteiger partial charge in [-0.2, -0.15) is 13.2 Å². The highest BCUT2D eigenvalue weighted by molar-refractivity contribution is 7.90. The van der Waals surface area contributed by atoms with Crippen molar-refractivity contribution in [3.63, 3.8) is 0 Å². The van der Waals surface area contributed by atoms with Crippen LogP contribution >= 0.6 is 0 Å². The lowest BCUT2D eigenvalue weighted by Gasteiger charge is -2.08. The van der Waals surface area contributed by atoms with Crippen molar-refractivity contribution in [3.05, 3.63) is 41.0 Å². The molecule has 1 aliphatic rings. The molecule has 1 unspecified atom stereocenters. The predicted octanol–water partition coefficient (Wildman–Crippen LogP) is 2.28. The first-order chi connectivity index (χ1) is 9.34. The van der Waals surface area contributed by atoms with Gasteiger partial charge in [-0.1, -0.05) is 12.1 Å². The first-order valence-corrected chi connectivity index (χ1v) is 6.46. The first-order valence-electron chi connectivity index (χ1n) is 5.38. The van der Waals surface area contributed by atoms with Crippen molar-refractivity contribution in [1.82, 2.24) is 0 Å². The highest BCUT2D eigenvalue weighted by Gasteiger charge is 2.32. The van der Waals surface area contributed by atoms with Crippen LogP contribution in [0.25, 0.3) is 4.91 Å². The van der Waals surface area contributed by atoms with Gasteiger partial charge in [-0.25, -0.2) is 9.00 Å². The van der Waals surface area contributed by atoms with Gasteiger partial charge in [-0.3, -0.25) is 4.18 Å². The molecule has 0 aliphatic carbocycles. The number of alkyl halides is 3. The molecule has 0 fully saturated rings. The Kier molecular flexibility index (Phi) is 3.96. The van der Waals surface area contributed by atoms with Gasteiger partial charge in [0, 0.05) is 0 Å². The summed E-state index contributed by atoms with van der Waals surface area (Å²) in [5.41, 5.74) is -0.550. The lowest BCUT2D eigenvalue weighted by atomic mass is 10.1. The summed E-state index contributed by atoms with van der Waals surface area (Å²) < 4.78 is 58.4. The SMILES string of the molecule is COC(=O)C1=C(c2ccc(C(F)(F)F)cc2)S(=O)OC1. The number of esters is 1. The molecule has 1 heterocycles. The van der Waals surface area contributed by atoms with Gasteiger partial charge in [0.1, 0.15) is 0 Å². The average molecular weight is 306 g/mol. The molecule has 0 aromatic heterocycles. The summed E-state index contributed by atoms with van der Waals surface area (Å²) in [5, 5.41) is 0. The summed E-state index contributed by atoms with van der Waals surface area (Å²) in [7, 11) is 1.15. The van der Waals surface area contributed by atoms with Crippen LogP contribution in [0.15, 0.2) is 29.8 Å². The fourth-order valence-corrected chi connectivity index (χ4v) is 2.71. The Hall–Kier alpha value is -1.67. The Bertz CT molecular complexity index is 590. The first kappa shape index (κ1) is 14.7. The van der Waals surface area contributed by atoms with Crippen LogP contribution in [0.3, 0.4) is 0 Å². The van der Waals surface area contributed by atoms with E-state index in [-0.39, 0.29) is 22.6 Å². The molecule has 1 aromatic rings. The maximum absolute atomic E-state index is 12.5. The number of hydrogen-bond donors (Lipinski definition) is 0. The van der Waals surface area contributed by atoms with E-state index < -0.39 is 28.8 Å². The van der Waals surface area contributed by atoms with Crippen molar-refractivity contribution in [2.45, 2.75) is 6.18 Å². The normalized spacial score (nSPS) is 19.3. The number of methoxy groups -OCH3 is 1. The van der Waals surface area contributed by atoms with Crippen molar-refractivity contribution >= 4 is 22.0 Å². The number of carbonyl (C=O) groups is 1. The summed E-state index contributed by atoms with van der Waals surface area (Å²) in [6, 6.07) is 4.00. The van der Waals surface area contributed by atoms with E-state index in [0.29, 0.717) is 0 Å². The van der Waals surface area contributed by atoms with Crippen molar-refractivity contribution in [1.29, 1.82) is 0 Å². The summed E-state index contributed by atoms with van der Waals surface area (Å²) in [4.78, 5) is 11.5. The molecule has 108 valence electrons. The molecule has 0 spiro atoms. The number of rotatable bonds is 2. The lowest BCUT2D eigenvalue weighted by Crippen LogP contribution is -2.08. The second-order valence-corrected chi connectivity index (χ2v) is 4.98. The Labute approximate surface area is 114 Å². The topological polar surface area (TPSA) is 52.6 Å². The molecule has 8 heteroatoms. The van der Waals surface area contributed by atoms with E-state index in [0.717, 1.165) is 31.4 Å². The molecule has 1 aliphatic heterocycles. The van der Waals surface area contributed by atoms with E-state index in [1.807, 2.05) is 0 Å². The molecule has 0 bridgehead atoms. The molecule has 1 atom stereocenters. The quantitative estimate of drug-likeness (QED) is 0.787. The second kappa shape index (κ2) is 5.37. The van der Waals surface area contributed by atoms with E-state index >= 15 is 0 Å². The number of benzene rings is 1. The zero-order chi connectivity index (χ0) is 14.9. The van der Waals surface area contributed by atoms with Crippen LogP contribution in [-0.4, -0.2) is 23.9 Å². The molecular formula is C12H9F3O4S. The van der Waals surface area contributed by atoms with Gasteiger partial charge < -0.3 is 4.74 Å². The van der Waals surface area contributed by atoms with Gasteiger partial charge in [0.25, 0.3) is 0 Å². The number of halogens is 3. The van der Waals surface area contributed by atoms with Crippen LogP contribution in [0.1, 0.15) is 11.1 Å². The van der Waals surface area contributed by atoms with E-state index in [4.69, 9.17) is 4.18 Å². The van der Waals surface area contributed by atoms with Crippen molar-refractivity contribution in [3.8, 4) is 0 Å². The summed E-state index contributed by atoms with van der Waals surface area (Å²) >= 11 is -1.89. The zero-order valence-electron chi connectivity index (χ0n) is 10.2. The second-order valence-electron chi connectivity index (χ2n) is 3.87. The maximum atomic E-state index is 12.5. The highest BCUT2D eigenvalue weighted by Crippen LogP contribution is 2.33. The smallest absolute Gasteiger partial charge is 0.416 e. The monoisotopic (exact) mass is 306 g/mol. The van der Waals surface area contributed by atoms with Crippen LogP contribution < -0.4 is 0 Å². The summed E-state index contributed by atoms with van der Waals surface area (Å²) in [6.07, 6.45) is -4.45. The molecule has 0 amide bonds. The van der Waals surface area contributed by atoms with Gasteiger partial charge in [0.15, 0.2) is 11.1 Å². The van der Waals surface area contributed by atoms with Gasteiger partial charge in [-0.15, -0.1) is 0 Å². The number of carbonyl (C=O) groups excluding carboxylic acids is 1. The molecule has 0 saturated carbocycles. The van der Waals surface area contributed by atoms with Crippen molar-refractivity contribution < 1.29 is 31.1 Å². The zero-order valence-corrected chi connectivity index (χ0v) is 11.0. The van der Waals surface area contributed by atoms with Crippen molar-refractivity contribution in [2.24, 2.45) is 0 Å². The van der Waals surface area contributed by atoms with E-state index in [1.54, 1.807) is 0 Å². The molecule has 0 radical (unpaired) electrons. The Morgan fingerprint density at radius 2 is 1.90 bits per heavy atom. The maximum Gasteiger partial charge on any atom is 0.416 e. The Morgan fingerprint density at radius 3 is 2.40 bits per heavy atom. The third-order valence-corrected chi connectivity index (χ3v) is 3.80. The lowest BCUT2D eigenvalue weighted by molar-refractivity contribution is -0.138. The molecule has 0 N–H and O–H groups in total. The van der Waals surface area contributed by atoms with Crippen LogP contribution in [0.4, 0.5) is 13.2 Å². The minimum absolute atomic E-state index is 0.0468. The van der Waals surface area contributed by atoms with Crippen LogP contribution in [0, 0.1) is 0 Å². The van der Waals surface area contributed by atoms with Crippen LogP contribution in [-0.2, 0) is 31.0 Å². The number of ether oxygens (including phenoxy) is 1. The number of hydrogen-bond acceptors (Lipinski definition) is 4. The molecule has 20 heavy (non-hydrogen) atoms. The Balaban J connectivity index is 2.44. The third kappa shape index (κ3) is 2.75. The Morgan fingerprint density at radius 1 is 1.30 bits per heavy atom. The fourth-order valence-electron chi connectivity index (χ4n) is 1.69. The molecular weight excluding hydrogens is 297 g/mol. The average Bonchev–Trinajstić information content (AvgIpc) is 2.79. The van der Waals surface area contributed by atoms with E-state index in [1.165, 1.54) is 0 Å². The molecule has 4 nitrogen and oxygen atoms in total. The van der Waals surface area contributed by atoms with Crippen LogP contribution in [0.5, 0.6) is 0 Å². The standard InChI is InChI=1S/C12H9F3O4S/c1-18-11(16)9-6-19-20(17)10(9)7-2-4-8(5-3-7)12(13,14)15/h2-5H,6H2,1H3. The van der Waals surface area contributed by atoms with Crippen LogP contribution in [0.2, 0.25) is 0 Å².